The molecule has 0 N–H and O–H groups in total. The molecule has 0 bridgehead atoms. The van der Waals surface area contributed by atoms with Crippen LogP contribution in [0.15, 0.2) is 168 Å². The molecule has 0 radical (unpaired) electrons. The molecule has 2 aromatic heterocycles. The first-order chi connectivity index (χ1) is 25.3. The van der Waals surface area contributed by atoms with Crippen LogP contribution in [0.1, 0.15) is 17.5 Å². The topological polar surface area (TPSA) is 38.9 Å². The van der Waals surface area contributed by atoms with Crippen molar-refractivity contribution in [2.24, 2.45) is 0 Å². The number of aromatic nitrogens is 2. The van der Waals surface area contributed by atoms with Crippen LogP contribution in [0.3, 0.4) is 0 Å². The minimum Gasteiger partial charge on any atom is -0.455 e. The van der Waals surface area contributed by atoms with Gasteiger partial charge in [0.25, 0.3) is 0 Å². The van der Waals surface area contributed by atoms with Crippen molar-refractivity contribution < 1.29 is 4.42 Å². The van der Waals surface area contributed by atoms with Crippen molar-refractivity contribution >= 4 is 6.08 Å². The molecule has 0 saturated carbocycles. The lowest BCUT2D eigenvalue weighted by Crippen LogP contribution is -1.99. The van der Waals surface area contributed by atoms with E-state index in [0.29, 0.717) is 5.82 Å². The Labute approximate surface area is 298 Å². The van der Waals surface area contributed by atoms with Crippen LogP contribution >= 0.6 is 0 Å². The summed E-state index contributed by atoms with van der Waals surface area (Å²) in [6, 6.07) is 60.6. The summed E-state index contributed by atoms with van der Waals surface area (Å²) >= 11 is 0. The lowest BCUT2D eigenvalue weighted by Gasteiger charge is -2.16. The van der Waals surface area contributed by atoms with Crippen molar-refractivity contribution in [2.45, 2.75) is 12.8 Å². The molecule has 0 fully saturated rings. The zero-order valence-corrected chi connectivity index (χ0v) is 27.9. The zero-order chi connectivity index (χ0) is 34.0. The molecule has 0 unspecified atom stereocenters. The van der Waals surface area contributed by atoms with Gasteiger partial charge in [-0.2, -0.15) is 0 Å². The van der Waals surface area contributed by atoms with E-state index in [4.69, 9.17) is 14.4 Å². The summed E-state index contributed by atoms with van der Waals surface area (Å²) < 4.78 is 7.24. The van der Waals surface area contributed by atoms with Crippen LogP contribution in [-0.2, 0) is 6.42 Å². The molecule has 3 nitrogen and oxygen atoms in total. The number of hydrogen-bond acceptors (Lipinski definition) is 3. The molecular weight excluding hydrogens is 621 g/mol. The maximum absolute atomic E-state index is 7.24. The molecule has 240 valence electrons. The third-order valence-corrected chi connectivity index (χ3v) is 9.48. The van der Waals surface area contributed by atoms with E-state index in [0.717, 1.165) is 91.4 Å². The molecule has 1 aliphatic rings. The van der Waals surface area contributed by atoms with Gasteiger partial charge in [-0.05, 0) is 42.2 Å². The Hall–Kier alpha value is -6.76. The fraction of sp³-hybridized carbons (Fsp3) is 0.0417. The number of allylic oxidation sites excluding steroid dienone is 1. The Balaban J connectivity index is 1.33. The smallest absolute Gasteiger partial charge is 0.160 e. The molecule has 0 spiro atoms. The summed E-state index contributed by atoms with van der Waals surface area (Å²) in [4.78, 5) is 10.3. The average Bonchev–Trinajstić information content (AvgIpc) is 3.61. The number of rotatable bonds is 7. The van der Waals surface area contributed by atoms with Gasteiger partial charge in [-0.25, -0.2) is 9.97 Å². The van der Waals surface area contributed by atoms with Crippen molar-refractivity contribution in [3.63, 3.8) is 0 Å². The predicted octanol–water partition coefficient (Wildman–Crippen LogP) is 12.3. The van der Waals surface area contributed by atoms with E-state index >= 15 is 0 Å². The van der Waals surface area contributed by atoms with E-state index in [2.05, 4.69) is 133 Å². The molecule has 8 aromatic rings. The van der Waals surface area contributed by atoms with E-state index in [9.17, 15) is 0 Å². The Morgan fingerprint density at radius 2 is 1.18 bits per heavy atom. The largest absolute Gasteiger partial charge is 0.455 e. The lowest BCUT2D eigenvalue weighted by molar-refractivity contribution is 0.594. The van der Waals surface area contributed by atoms with Crippen molar-refractivity contribution in [2.75, 3.05) is 0 Å². The van der Waals surface area contributed by atoms with Gasteiger partial charge in [0.2, 0.25) is 0 Å². The highest BCUT2D eigenvalue weighted by molar-refractivity contribution is 5.97. The SMILES string of the molecule is c1cccc(-c2cccc(-c3cc(-c4ccccc4)nc(-c4ccccc4)n3)c2-c2oc(-c3ccccc3-c3ccccc3)c3c2CCC=C3)c#1. The van der Waals surface area contributed by atoms with Crippen LogP contribution in [0.4, 0.5) is 0 Å². The Morgan fingerprint density at radius 1 is 0.529 bits per heavy atom. The lowest BCUT2D eigenvalue weighted by atomic mass is 9.87. The first kappa shape index (κ1) is 30.3. The molecule has 0 aliphatic heterocycles. The molecule has 0 amide bonds. The Morgan fingerprint density at radius 3 is 1.92 bits per heavy atom. The van der Waals surface area contributed by atoms with Gasteiger partial charge in [0.05, 0.1) is 11.4 Å². The van der Waals surface area contributed by atoms with Gasteiger partial charge in [-0.1, -0.05) is 164 Å². The summed E-state index contributed by atoms with van der Waals surface area (Å²) in [7, 11) is 0. The van der Waals surface area contributed by atoms with Crippen LogP contribution in [0, 0.1) is 12.1 Å². The van der Waals surface area contributed by atoms with Gasteiger partial charge in [0.1, 0.15) is 11.5 Å². The van der Waals surface area contributed by atoms with Crippen molar-refractivity contribution in [3.8, 4) is 78.8 Å². The summed E-state index contributed by atoms with van der Waals surface area (Å²) in [6.07, 6.45) is 6.29. The quantitative estimate of drug-likeness (QED) is 0.172. The highest BCUT2D eigenvalue weighted by Gasteiger charge is 2.28. The van der Waals surface area contributed by atoms with Crippen LogP contribution < -0.4 is 0 Å². The fourth-order valence-corrected chi connectivity index (χ4v) is 7.09. The van der Waals surface area contributed by atoms with Crippen molar-refractivity contribution in [3.05, 3.63) is 187 Å². The number of nitrogens with zero attached hydrogens (tertiary/aromatic N) is 2. The Kier molecular flexibility index (Phi) is 7.89. The third-order valence-electron chi connectivity index (χ3n) is 9.48. The van der Waals surface area contributed by atoms with Crippen LogP contribution in [-0.4, -0.2) is 9.97 Å². The normalized spacial score (nSPS) is 11.9. The summed E-state index contributed by atoms with van der Waals surface area (Å²) in [5.74, 6) is 2.40. The second kappa shape index (κ2) is 13.3. The zero-order valence-electron chi connectivity index (χ0n) is 27.9. The average molecular weight is 653 g/mol. The molecule has 2 heterocycles. The number of benzene rings is 5. The number of fused-ring (bicyclic) bond motifs is 1. The van der Waals surface area contributed by atoms with Crippen LogP contribution in [0.5, 0.6) is 0 Å². The first-order valence-electron chi connectivity index (χ1n) is 17.3. The van der Waals surface area contributed by atoms with E-state index in [1.54, 1.807) is 0 Å². The monoisotopic (exact) mass is 652 g/mol. The standard InChI is InChI=1S/C48H32N2O/c1-5-18-33(19-6-1)37-26-13-14-27-39(37)46-40-28-15-16-29-41(40)47(51-46)45-38(34-20-7-2-8-21-34)30-17-31-42(45)44-32-43(35-22-9-3-10-23-35)49-48(50-44)36-24-11-4-12-25-36/h1-7,9-15,17-20,22-28,30-32H,16,29H2. The fourth-order valence-electron chi connectivity index (χ4n) is 7.09. The van der Waals surface area contributed by atoms with Gasteiger partial charge < -0.3 is 4.42 Å². The number of hydrogen-bond donors (Lipinski definition) is 0. The molecule has 0 atom stereocenters. The number of furan rings is 1. The van der Waals surface area contributed by atoms with Gasteiger partial charge in [0, 0.05) is 50.1 Å². The Bertz CT molecular complexity index is 2440. The molecule has 51 heavy (non-hydrogen) atoms. The molecule has 1 aliphatic carbocycles. The summed E-state index contributed by atoms with van der Waals surface area (Å²) in [5.41, 5.74) is 13.3. The molecule has 9 rings (SSSR count). The minimum atomic E-state index is 0.671. The molecular formula is C48H32N2O. The maximum atomic E-state index is 7.24. The highest BCUT2D eigenvalue weighted by atomic mass is 16.3. The maximum Gasteiger partial charge on any atom is 0.160 e. The molecule has 3 heteroatoms. The molecule has 6 aromatic carbocycles. The first-order valence-corrected chi connectivity index (χ1v) is 17.3. The van der Waals surface area contributed by atoms with Crippen molar-refractivity contribution in [1.29, 1.82) is 0 Å². The predicted molar refractivity (Wildman–Crippen MR) is 207 cm³/mol. The van der Waals surface area contributed by atoms with Crippen LogP contribution in [0.25, 0.3) is 84.9 Å². The van der Waals surface area contributed by atoms with E-state index in [1.165, 1.54) is 5.56 Å². The van der Waals surface area contributed by atoms with Gasteiger partial charge in [-0.3, -0.25) is 0 Å². The van der Waals surface area contributed by atoms with E-state index in [-0.39, 0.29) is 0 Å². The molecule has 0 saturated heterocycles. The van der Waals surface area contributed by atoms with E-state index in [1.807, 2.05) is 48.5 Å². The second-order valence-electron chi connectivity index (χ2n) is 12.6. The van der Waals surface area contributed by atoms with E-state index < -0.39 is 0 Å². The summed E-state index contributed by atoms with van der Waals surface area (Å²) in [5, 5.41) is 0. The minimum absolute atomic E-state index is 0.671. The van der Waals surface area contributed by atoms with Gasteiger partial charge in [-0.15, -0.1) is 0 Å². The van der Waals surface area contributed by atoms with Crippen LogP contribution in [0.2, 0.25) is 0 Å². The highest BCUT2D eigenvalue weighted by Crippen LogP contribution is 2.48. The summed E-state index contributed by atoms with van der Waals surface area (Å²) in [6.45, 7) is 0. The van der Waals surface area contributed by atoms with Crippen molar-refractivity contribution in [1.82, 2.24) is 9.97 Å². The third kappa shape index (κ3) is 5.73. The second-order valence-corrected chi connectivity index (χ2v) is 12.6. The van der Waals surface area contributed by atoms with Gasteiger partial charge >= 0.3 is 0 Å². The van der Waals surface area contributed by atoms with Gasteiger partial charge in [0.15, 0.2) is 5.82 Å².